The Morgan fingerprint density at radius 3 is 2.30 bits per heavy atom. The van der Waals surface area contributed by atoms with Gasteiger partial charge in [-0.05, 0) is 58.7 Å². The van der Waals surface area contributed by atoms with Gasteiger partial charge in [0.2, 0.25) is 0 Å². The maximum Gasteiger partial charge on any atom is 2.00 e. The fraction of sp³-hybridized carbons (Fsp3) is 0.220. The van der Waals surface area contributed by atoms with Gasteiger partial charge in [0.15, 0.2) is 0 Å². The monoisotopic (exact) mass is 797 g/mol. The molecule has 4 aromatic carbocycles. The van der Waals surface area contributed by atoms with Crippen LogP contribution in [0.2, 0.25) is 0 Å². The molecule has 0 aliphatic rings. The second-order valence-electron chi connectivity index (χ2n) is 12.9. The predicted molar refractivity (Wildman–Crippen MR) is 188 cm³/mol. The van der Waals surface area contributed by atoms with Gasteiger partial charge in [-0.2, -0.15) is 16.7 Å². The van der Waals surface area contributed by atoms with E-state index in [1.165, 1.54) is 22.4 Å². The average molecular weight is 798 g/mol. The van der Waals surface area contributed by atoms with E-state index >= 15 is 0 Å². The SMILES string of the molecule is CCc1nn(-c2[c-]c(Oc3[c-]c4c(cc3)c3ccccc3n4-c3cc(C(C)(C)C)ccn3)cc(C)c2)c(CC)c1-c1ccccc1.[Pt+2]. The Hall–Kier alpha value is -4.47. The summed E-state index contributed by atoms with van der Waals surface area (Å²) in [6, 6.07) is 38.6. The average Bonchev–Trinajstić information content (AvgIpc) is 3.60. The largest absolute Gasteiger partial charge is 2.00 e. The molecule has 6 heteroatoms. The number of ether oxygens (including phenoxy) is 1. The molecule has 47 heavy (non-hydrogen) atoms. The first-order valence-corrected chi connectivity index (χ1v) is 16.1. The smallest absolute Gasteiger partial charge is 0.509 e. The third-order valence-electron chi connectivity index (χ3n) is 8.61. The quantitative estimate of drug-likeness (QED) is 0.151. The summed E-state index contributed by atoms with van der Waals surface area (Å²) in [7, 11) is 0. The molecule has 0 spiro atoms. The number of aromatic nitrogens is 4. The minimum atomic E-state index is -0.000876. The fourth-order valence-electron chi connectivity index (χ4n) is 6.34. The molecule has 7 rings (SSSR count). The van der Waals surface area contributed by atoms with Crippen LogP contribution in [0.3, 0.4) is 0 Å². The van der Waals surface area contributed by atoms with Crippen molar-refractivity contribution in [1.82, 2.24) is 19.3 Å². The molecule has 238 valence electrons. The van der Waals surface area contributed by atoms with E-state index in [-0.39, 0.29) is 26.5 Å². The molecule has 0 unspecified atom stereocenters. The van der Waals surface area contributed by atoms with E-state index in [1.54, 1.807) is 0 Å². The summed E-state index contributed by atoms with van der Waals surface area (Å²) in [6.07, 6.45) is 3.58. The van der Waals surface area contributed by atoms with Crippen LogP contribution >= 0.6 is 0 Å². The molecule has 0 aliphatic heterocycles. The zero-order valence-corrected chi connectivity index (χ0v) is 29.9. The first kappa shape index (κ1) is 32.5. The molecule has 0 fully saturated rings. The van der Waals surface area contributed by atoms with Gasteiger partial charge in [0.05, 0.1) is 5.69 Å². The zero-order valence-electron chi connectivity index (χ0n) is 27.7. The van der Waals surface area contributed by atoms with E-state index in [0.717, 1.165) is 57.4 Å². The first-order chi connectivity index (χ1) is 22.2. The number of nitrogens with zero attached hydrogens (tertiary/aromatic N) is 4. The molecule has 0 bridgehead atoms. The van der Waals surface area contributed by atoms with Crippen molar-refractivity contribution in [1.29, 1.82) is 0 Å². The van der Waals surface area contributed by atoms with Gasteiger partial charge in [0, 0.05) is 34.5 Å². The van der Waals surface area contributed by atoms with Crippen molar-refractivity contribution in [3.63, 3.8) is 0 Å². The van der Waals surface area contributed by atoms with Crippen LogP contribution < -0.4 is 4.74 Å². The third kappa shape index (κ3) is 6.05. The second-order valence-corrected chi connectivity index (χ2v) is 12.9. The van der Waals surface area contributed by atoms with Gasteiger partial charge in [-0.25, -0.2) is 4.98 Å². The van der Waals surface area contributed by atoms with E-state index in [0.29, 0.717) is 11.5 Å². The van der Waals surface area contributed by atoms with E-state index in [9.17, 15) is 0 Å². The minimum absolute atomic E-state index is 0. The van der Waals surface area contributed by atoms with Gasteiger partial charge >= 0.3 is 21.1 Å². The van der Waals surface area contributed by atoms with Crippen LogP contribution in [0.15, 0.2) is 97.2 Å². The van der Waals surface area contributed by atoms with Crippen molar-refractivity contribution in [3.05, 3.63) is 132 Å². The summed E-state index contributed by atoms with van der Waals surface area (Å²) in [4.78, 5) is 4.81. The molecule has 0 saturated carbocycles. The molecule has 0 saturated heterocycles. The van der Waals surface area contributed by atoms with Gasteiger partial charge in [-0.1, -0.05) is 95.6 Å². The van der Waals surface area contributed by atoms with Crippen molar-refractivity contribution in [2.45, 2.75) is 59.8 Å². The number of fused-ring (bicyclic) bond motifs is 3. The standard InChI is InChI=1S/C41H38N4O.Pt/c1-7-35-40(28-14-10-9-11-15-28)36(8-2)45(43-35)30-22-27(3)23-32(25-30)46-31-18-19-34-33-16-12-13-17-37(33)44(38(34)26-31)39-24-29(20-21-42-39)41(4,5)6;/h9-24H,7-8H2,1-6H3;/q-2;+2. The van der Waals surface area contributed by atoms with Crippen LogP contribution in [0.25, 0.3) is 44.4 Å². The number of benzene rings is 4. The first-order valence-electron chi connectivity index (χ1n) is 16.1. The molecule has 0 radical (unpaired) electrons. The van der Waals surface area contributed by atoms with Crippen LogP contribution in [0.1, 0.15) is 57.1 Å². The van der Waals surface area contributed by atoms with Crippen molar-refractivity contribution in [2.75, 3.05) is 0 Å². The zero-order chi connectivity index (χ0) is 32.0. The molecular weight excluding hydrogens is 760 g/mol. The summed E-state index contributed by atoms with van der Waals surface area (Å²) in [5, 5.41) is 7.34. The Morgan fingerprint density at radius 1 is 0.787 bits per heavy atom. The number of aryl methyl sites for hydroxylation is 2. The maximum absolute atomic E-state index is 6.53. The predicted octanol–water partition coefficient (Wildman–Crippen LogP) is 10.2. The molecule has 0 aliphatic carbocycles. The Morgan fingerprint density at radius 2 is 1.55 bits per heavy atom. The molecule has 0 amide bonds. The van der Waals surface area contributed by atoms with E-state index in [2.05, 4.69) is 137 Å². The van der Waals surface area contributed by atoms with Gasteiger partial charge in [0.1, 0.15) is 5.82 Å². The Labute approximate surface area is 291 Å². The summed E-state index contributed by atoms with van der Waals surface area (Å²) in [5.41, 5.74) is 9.80. The van der Waals surface area contributed by atoms with Crippen LogP contribution in [-0.4, -0.2) is 19.3 Å². The Balaban J connectivity index is 0.00000386. The van der Waals surface area contributed by atoms with Crippen molar-refractivity contribution in [3.8, 4) is 34.1 Å². The molecular formula is C41H38N4OPt. The maximum atomic E-state index is 6.53. The van der Waals surface area contributed by atoms with Crippen molar-refractivity contribution >= 4 is 21.8 Å². The number of pyridine rings is 1. The molecule has 3 aromatic heterocycles. The van der Waals surface area contributed by atoms with Crippen LogP contribution in [0.5, 0.6) is 11.5 Å². The number of hydrogen-bond donors (Lipinski definition) is 0. The number of hydrogen-bond acceptors (Lipinski definition) is 3. The molecule has 5 nitrogen and oxygen atoms in total. The third-order valence-corrected chi connectivity index (χ3v) is 8.61. The van der Waals surface area contributed by atoms with Gasteiger partial charge in [0.25, 0.3) is 0 Å². The van der Waals surface area contributed by atoms with Gasteiger partial charge in [-0.15, -0.1) is 35.7 Å². The summed E-state index contributed by atoms with van der Waals surface area (Å²) in [6.45, 7) is 13.1. The summed E-state index contributed by atoms with van der Waals surface area (Å²) < 4.78 is 10.8. The Kier molecular flexibility index (Phi) is 8.96. The van der Waals surface area contributed by atoms with Gasteiger partial charge in [-0.3, -0.25) is 4.68 Å². The topological polar surface area (TPSA) is 44.9 Å². The fourth-order valence-corrected chi connectivity index (χ4v) is 6.34. The molecule has 3 heterocycles. The normalized spacial score (nSPS) is 11.6. The van der Waals surface area contributed by atoms with Crippen molar-refractivity contribution in [2.24, 2.45) is 0 Å². The van der Waals surface area contributed by atoms with Crippen LogP contribution in [0, 0.1) is 19.1 Å². The minimum Gasteiger partial charge on any atom is -0.509 e. The number of rotatable bonds is 7. The second kappa shape index (κ2) is 13.0. The van der Waals surface area contributed by atoms with E-state index in [4.69, 9.17) is 14.8 Å². The van der Waals surface area contributed by atoms with E-state index < -0.39 is 0 Å². The van der Waals surface area contributed by atoms with Crippen LogP contribution in [0.4, 0.5) is 0 Å². The van der Waals surface area contributed by atoms with Crippen LogP contribution in [-0.2, 0) is 39.3 Å². The molecule has 0 atom stereocenters. The van der Waals surface area contributed by atoms with Crippen molar-refractivity contribution < 1.29 is 25.8 Å². The van der Waals surface area contributed by atoms with Gasteiger partial charge < -0.3 is 9.30 Å². The Bertz CT molecular complexity index is 2210. The summed E-state index contributed by atoms with van der Waals surface area (Å²) >= 11 is 0. The molecule has 7 aromatic rings. The molecule has 0 N–H and O–H groups in total. The van der Waals surface area contributed by atoms with E-state index in [1.807, 2.05) is 23.0 Å². The number of para-hydroxylation sites is 1. The summed E-state index contributed by atoms with van der Waals surface area (Å²) in [5.74, 6) is 2.10.